The summed E-state index contributed by atoms with van der Waals surface area (Å²) in [4.78, 5) is 13.6. The molecule has 0 amide bonds. The van der Waals surface area contributed by atoms with E-state index in [-0.39, 0.29) is 18.3 Å². The molecule has 0 saturated carbocycles. The molecule has 2 saturated heterocycles. The van der Waals surface area contributed by atoms with Gasteiger partial charge in [-0.1, -0.05) is 11.6 Å². The van der Waals surface area contributed by atoms with Crippen molar-refractivity contribution in [1.29, 1.82) is 0 Å². The zero-order valence-corrected chi connectivity index (χ0v) is 18.3. The molecule has 33 heavy (non-hydrogen) atoms. The van der Waals surface area contributed by atoms with Gasteiger partial charge in [0.25, 0.3) is 0 Å². The molecule has 3 atom stereocenters. The van der Waals surface area contributed by atoms with Gasteiger partial charge in [0, 0.05) is 46.8 Å². The van der Waals surface area contributed by atoms with E-state index in [2.05, 4.69) is 25.1 Å². The van der Waals surface area contributed by atoms with Crippen LogP contribution in [0.2, 0.25) is 5.02 Å². The monoisotopic (exact) mass is 461 g/mol. The number of H-pyrrole nitrogens is 1. The number of hydrogen-bond donors (Lipinski definition) is 1. The van der Waals surface area contributed by atoms with E-state index in [1.165, 1.54) is 0 Å². The first-order chi connectivity index (χ1) is 16.2. The quantitative estimate of drug-likeness (QED) is 0.476. The molecule has 0 radical (unpaired) electrons. The second-order valence-corrected chi connectivity index (χ2v) is 8.42. The van der Waals surface area contributed by atoms with E-state index in [0.717, 1.165) is 35.4 Å². The van der Waals surface area contributed by atoms with Crippen LogP contribution in [0.3, 0.4) is 0 Å². The van der Waals surface area contributed by atoms with E-state index < -0.39 is 0 Å². The molecule has 2 aliphatic heterocycles. The summed E-state index contributed by atoms with van der Waals surface area (Å²) in [6.45, 7) is 1.25. The summed E-state index contributed by atoms with van der Waals surface area (Å²) in [5.41, 5.74) is 3.42. The van der Waals surface area contributed by atoms with Gasteiger partial charge in [-0.2, -0.15) is 5.10 Å². The largest absolute Gasteiger partial charge is 0.469 e. The SMILES string of the molecule is Clc1ccc(-c2nc(-c3ccc(-c4ccc(O[C@H]5CO[C@@H]6CCO[C@H]56)nc4)nc3)n[nH]2)cc1. The maximum absolute atomic E-state index is 5.99. The van der Waals surface area contributed by atoms with Crippen LogP contribution < -0.4 is 4.74 Å². The molecular formula is C24H20ClN5O3. The van der Waals surface area contributed by atoms with Gasteiger partial charge in [-0.3, -0.25) is 10.1 Å². The Bertz CT molecular complexity index is 1240. The zero-order valence-electron chi connectivity index (χ0n) is 17.5. The Hall–Kier alpha value is -3.33. The molecule has 1 N–H and O–H groups in total. The molecular weight excluding hydrogens is 442 g/mol. The number of hydrogen-bond acceptors (Lipinski definition) is 7. The minimum Gasteiger partial charge on any atom is -0.469 e. The lowest BCUT2D eigenvalue weighted by Crippen LogP contribution is -2.32. The fraction of sp³-hybridized carbons (Fsp3) is 0.250. The van der Waals surface area contributed by atoms with Gasteiger partial charge in [-0.25, -0.2) is 9.97 Å². The van der Waals surface area contributed by atoms with Crippen molar-refractivity contribution in [3.05, 3.63) is 65.9 Å². The van der Waals surface area contributed by atoms with Crippen molar-refractivity contribution >= 4 is 11.6 Å². The molecule has 3 aromatic heterocycles. The Morgan fingerprint density at radius 2 is 1.73 bits per heavy atom. The number of ether oxygens (including phenoxy) is 3. The van der Waals surface area contributed by atoms with E-state index in [0.29, 0.717) is 29.2 Å². The summed E-state index contributed by atoms with van der Waals surface area (Å²) >= 11 is 5.96. The summed E-state index contributed by atoms with van der Waals surface area (Å²) in [6.07, 6.45) is 4.45. The first kappa shape index (κ1) is 20.3. The molecule has 6 rings (SSSR count). The van der Waals surface area contributed by atoms with Crippen molar-refractivity contribution in [2.24, 2.45) is 0 Å². The maximum atomic E-state index is 5.99. The molecule has 1 aromatic carbocycles. The lowest BCUT2D eigenvalue weighted by atomic mass is 10.1. The minimum atomic E-state index is -0.118. The normalized spacial score (nSPS) is 21.8. The minimum absolute atomic E-state index is 0.00320. The molecule has 0 spiro atoms. The molecule has 0 aliphatic carbocycles. The van der Waals surface area contributed by atoms with E-state index in [9.17, 15) is 0 Å². The standard InChI is InChI=1S/C24H20ClN5O3/c25-17-5-1-14(2-6-17)23-28-24(30-29-23)16-3-7-18(26-12-16)15-4-8-21(27-11-15)33-20-13-32-19-9-10-31-22(19)20/h1-8,11-12,19-20,22H,9-10,13H2,(H,28,29,30)/t19-,20+,22+/m1/s1. The number of aromatic amines is 1. The number of fused-ring (bicyclic) bond motifs is 1. The van der Waals surface area contributed by atoms with Crippen LogP contribution in [0.4, 0.5) is 0 Å². The molecule has 9 heteroatoms. The van der Waals surface area contributed by atoms with E-state index in [1.807, 2.05) is 48.5 Å². The highest BCUT2D eigenvalue weighted by atomic mass is 35.5. The predicted molar refractivity (Wildman–Crippen MR) is 122 cm³/mol. The number of aromatic nitrogens is 5. The number of nitrogens with zero attached hydrogens (tertiary/aromatic N) is 4. The summed E-state index contributed by atoms with van der Waals surface area (Å²) in [5.74, 6) is 1.80. The number of rotatable bonds is 5. The summed E-state index contributed by atoms with van der Waals surface area (Å²) in [5, 5.41) is 7.95. The van der Waals surface area contributed by atoms with Crippen LogP contribution in [0.15, 0.2) is 60.9 Å². The van der Waals surface area contributed by atoms with Crippen molar-refractivity contribution in [3.63, 3.8) is 0 Å². The smallest absolute Gasteiger partial charge is 0.213 e. The zero-order chi connectivity index (χ0) is 22.2. The lowest BCUT2D eigenvalue weighted by molar-refractivity contribution is 0.0289. The Morgan fingerprint density at radius 1 is 0.909 bits per heavy atom. The predicted octanol–water partition coefficient (Wildman–Crippen LogP) is 4.18. The van der Waals surface area contributed by atoms with Crippen LogP contribution in [-0.4, -0.2) is 56.7 Å². The molecule has 2 fully saturated rings. The number of pyridine rings is 2. The molecule has 2 aliphatic rings. The van der Waals surface area contributed by atoms with Crippen molar-refractivity contribution in [2.75, 3.05) is 13.2 Å². The van der Waals surface area contributed by atoms with Gasteiger partial charge in [0.05, 0.1) is 18.4 Å². The molecule has 4 aromatic rings. The van der Waals surface area contributed by atoms with Crippen LogP contribution >= 0.6 is 11.6 Å². The average Bonchev–Trinajstić information content (AvgIpc) is 3.59. The third kappa shape index (κ3) is 4.08. The molecule has 166 valence electrons. The summed E-state index contributed by atoms with van der Waals surface area (Å²) < 4.78 is 17.4. The van der Waals surface area contributed by atoms with E-state index in [1.54, 1.807) is 12.4 Å². The van der Waals surface area contributed by atoms with Crippen molar-refractivity contribution in [2.45, 2.75) is 24.7 Å². The van der Waals surface area contributed by atoms with Gasteiger partial charge in [0.2, 0.25) is 5.88 Å². The van der Waals surface area contributed by atoms with Crippen molar-refractivity contribution < 1.29 is 14.2 Å². The maximum Gasteiger partial charge on any atom is 0.213 e. The highest BCUT2D eigenvalue weighted by molar-refractivity contribution is 6.30. The molecule has 0 unspecified atom stereocenters. The third-order valence-corrected chi connectivity index (χ3v) is 6.10. The highest BCUT2D eigenvalue weighted by Crippen LogP contribution is 2.30. The topological polar surface area (TPSA) is 95.0 Å². The first-order valence-corrected chi connectivity index (χ1v) is 11.1. The third-order valence-electron chi connectivity index (χ3n) is 5.85. The Balaban J connectivity index is 1.14. The molecule has 5 heterocycles. The highest BCUT2D eigenvalue weighted by Gasteiger charge is 2.43. The number of halogens is 1. The van der Waals surface area contributed by atoms with Crippen LogP contribution in [0.5, 0.6) is 5.88 Å². The van der Waals surface area contributed by atoms with Gasteiger partial charge in [0.15, 0.2) is 17.8 Å². The fourth-order valence-electron chi connectivity index (χ4n) is 4.11. The van der Waals surface area contributed by atoms with Crippen LogP contribution in [0.1, 0.15) is 6.42 Å². The van der Waals surface area contributed by atoms with E-state index in [4.69, 9.17) is 25.8 Å². The van der Waals surface area contributed by atoms with Gasteiger partial charge in [-0.15, -0.1) is 0 Å². The van der Waals surface area contributed by atoms with Crippen LogP contribution in [0.25, 0.3) is 34.0 Å². The molecule has 0 bridgehead atoms. The second kappa shape index (κ2) is 8.55. The second-order valence-electron chi connectivity index (χ2n) is 7.98. The first-order valence-electron chi connectivity index (χ1n) is 10.7. The van der Waals surface area contributed by atoms with E-state index >= 15 is 0 Å². The van der Waals surface area contributed by atoms with Gasteiger partial charge < -0.3 is 14.2 Å². The van der Waals surface area contributed by atoms with Crippen LogP contribution in [-0.2, 0) is 9.47 Å². The summed E-state index contributed by atoms with van der Waals surface area (Å²) in [6, 6.07) is 15.1. The van der Waals surface area contributed by atoms with Gasteiger partial charge in [-0.05, 0) is 48.9 Å². The Kier molecular flexibility index (Phi) is 5.26. The van der Waals surface area contributed by atoms with Gasteiger partial charge in [0.1, 0.15) is 6.10 Å². The number of nitrogens with one attached hydrogen (secondary N) is 1. The fourth-order valence-corrected chi connectivity index (χ4v) is 4.24. The van der Waals surface area contributed by atoms with Crippen molar-refractivity contribution in [3.8, 4) is 39.9 Å². The number of benzene rings is 1. The average molecular weight is 462 g/mol. The van der Waals surface area contributed by atoms with Crippen LogP contribution in [0, 0.1) is 0 Å². The van der Waals surface area contributed by atoms with Gasteiger partial charge >= 0.3 is 0 Å². The van der Waals surface area contributed by atoms with Crippen molar-refractivity contribution in [1.82, 2.24) is 25.1 Å². The molecule has 8 nitrogen and oxygen atoms in total. The summed E-state index contributed by atoms with van der Waals surface area (Å²) in [7, 11) is 0. The lowest BCUT2D eigenvalue weighted by Gasteiger charge is -2.17. The Morgan fingerprint density at radius 3 is 2.52 bits per heavy atom. The Labute approximate surface area is 194 Å².